The van der Waals surface area contributed by atoms with Crippen LogP contribution in [0.15, 0.2) is 48.5 Å². The molecule has 0 unspecified atom stereocenters. The van der Waals surface area contributed by atoms with Gasteiger partial charge in [-0.3, -0.25) is 0 Å². The molecule has 0 aliphatic heterocycles. The molecule has 2 rings (SSSR count). The number of benzene rings is 2. The molecule has 0 saturated carbocycles. The topological polar surface area (TPSA) is 30.5 Å². The smallest absolute Gasteiger partial charge is 0.119 e. The van der Waals surface area contributed by atoms with Crippen molar-refractivity contribution in [1.82, 2.24) is 0 Å². The molecular formula is C16H19NO2. The van der Waals surface area contributed by atoms with Gasteiger partial charge < -0.3 is 14.8 Å². The number of methoxy groups -OCH3 is 1. The van der Waals surface area contributed by atoms with Crippen molar-refractivity contribution in [3.63, 3.8) is 0 Å². The van der Waals surface area contributed by atoms with Crippen LogP contribution in [0.4, 0.5) is 5.69 Å². The molecule has 0 bridgehead atoms. The first kappa shape index (κ1) is 13.3. The van der Waals surface area contributed by atoms with Crippen LogP contribution in [-0.4, -0.2) is 13.7 Å². The van der Waals surface area contributed by atoms with Crippen LogP contribution < -0.4 is 14.8 Å². The standard InChI is InChI=1S/C16H19NO2/c1-3-19-16-6-4-5-13(11-16)12-17-14-7-9-15(18-2)10-8-14/h4-11,17H,3,12H2,1-2H3. The molecule has 0 aromatic heterocycles. The Morgan fingerprint density at radius 2 is 1.79 bits per heavy atom. The molecule has 0 radical (unpaired) electrons. The Morgan fingerprint density at radius 1 is 1.00 bits per heavy atom. The van der Waals surface area contributed by atoms with Crippen LogP contribution in [0.25, 0.3) is 0 Å². The van der Waals surface area contributed by atoms with Gasteiger partial charge in [0, 0.05) is 12.2 Å². The zero-order chi connectivity index (χ0) is 13.5. The molecule has 0 amide bonds. The molecule has 3 heteroatoms. The molecule has 2 aromatic carbocycles. The zero-order valence-electron chi connectivity index (χ0n) is 11.3. The van der Waals surface area contributed by atoms with Crippen molar-refractivity contribution >= 4 is 5.69 Å². The second-order valence-corrected chi connectivity index (χ2v) is 4.16. The fourth-order valence-electron chi connectivity index (χ4n) is 1.82. The molecule has 0 fully saturated rings. The Morgan fingerprint density at radius 3 is 2.47 bits per heavy atom. The molecule has 0 aliphatic carbocycles. The highest BCUT2D eigenvalue weighted by atomic mass is 16.5. The zero-order valence-corrected chi connectivity index (χ0v) is 11.3. The van der Waals surface area contributed by atoms with Gasteiger partial charge in [-0.1, -0.05) is 12.1 Å². The van der Waals surface area contributed by atoms with E-state index in [-0.39, 0.29) is 0 Å². The second-order valence-electron chi connectivity index (χ2n) is 4.16. The molecule has 0 aliphatic rings. The van der Waals surface area contributed by atoms with Crippen LogP contribution >= 0.6 is 0 Å². The Kier molecular flexibility index (Phi) is 4.67. The first-order valence-corrected chi connectivity index (χ1v) is 6.41. The lowest BCUT2D eigenvalue weighted by Gasteiger charge is -2.09. The van der Waals surface area contributed by atoms with Gasteiger partial charge in [0.25, 0.3) is 0 Å². The molecule has 2 aromatic rings. The van der Waals surface area contributed by atoms with Gasteiger partial charge in [0.1, 0.15) is 11.5 Å². The molecular weight excluding hydrogens is 238 g/mol. The summed E-state index contributed by atoms with van der Waals surface area (Å²) in [5.74, 6) is 1.78. The minimum atomic E-state index is 0.690. The summed E-state index contributed by atoms with van der Waals surface area (Å²) in [5.41, 5.74) is 2.27. The van der Waals surface area contributed by atoms with Crippen LogP contribution in [0.3, 0.4) is 0 Å². The number of nitrogens with one attached hydrogen (secondary N) is 1. The summed E-state index contributed by atoms with van der Waals surface area (Å²) < 4.78 is 10.6. The van der Waals surface area contributed by atoms with E-state index in [1.807, 2.05) is 43.3 Å². The largest absolute Gasteiger partial charge is 0.497 e. The highest BCUT2D eigenvalue weighted by Crippen LogP contribution is 2.17. The van der Waals surface area contributed by atoms with E-state index < -0.39 is 0 Å². The number of hydrogen-bond donors (Lipinski definition) is 1. The molecule has 100 valence electrons. The van der Waals surface area contributed by atoms with E-state index >= 15 is 0 Å². The van der Waals surface area contributed by atoms with Crippen LogP contribution in [0.5, 0.6) is 11.5 Å². The number of ether oxygens (including phenoxy) is 2. The maximum atomic E-state index is 5.48. The van der Waals surface area contributed by atoms with E-state index in [9.17, 15) is 0 Å². The van der Waals surface area contributed by atoms with E-state index in [4.69, 9.17) is 9.47 Å². The van der Waals surface area contributed by atoms with Gasteiger partial charge in [0.2, 0.25) is 0 Å². The summed E-state index contributed by atoms with van der Waals surface area (Å²) in [5, 5.41) is 3.37. The Labute approximate surface area is 114 Å². The van der Waals surface area contributed by atoms with Crippen molar-refractivity contribution in [2.75, 3.05) is 19.0 Å². The minimum Gasteiger partial charge on any atom is -0.497 e. The van der Waals surface area contributed by atoms with Crippen LogP contribution in [0.1, 0.15) is 12.5 Å². The van der Waals surface area contributed by atoms with Gasteiger partial charge in [0.15, 0.2) is 0 Å². The van der Waals surface area contributed by atoms with E-state index in [0.717, 1.165) is 23.7 Å². The van der Waals surface area contributed by atoms with Crippen molar-refractivity contribution in [2.45, 2.75) is 13.5 Å². The molecule has 1 N–H and O–H groups in total. The van der Waals surface area contributed by atoms with Gasteiger partial charge >= 0.3 is 0 Å². The lowest BCUT2D eigenvalue weighted by Crippen LogP contribution is -2.00. The van der Waals surface area contributed by atoms with E-state index in [0.29, 0.717) is 6.61 Å². The third-order valence-electron chi connectivity index (χ3n) is 2.80. The fraction of sp³-hybridized carbons (Fsp3) is 0.250. The highest BCUT2D eigenvalue weighted by molar-refractivity contribution is 5.47. The Hall–Kier alpha value is -2.16. The van der Waals surface area contributed by atoms with E-state index in [1.54, 1.807) is 7.11 Å². The quantitative estimate of drug-likeness (QED) is 0.855. The SMILES string of the molecule is CCOc1cccc(CNc2ccc(OC)cc2)c1. The minimum absolute atomic E-state index is 0.690. The Balaban J connectivity index is 1.95. The van der Waals surface area contributed by atoms with Crippen molar-refractivity contribution in [2.24, 2.45) is 0 Å². The fourth-order valence-corrected chi connectivity index (χ4v) is 1.82. The normalized spacial score (nSPS) is 10.0. The maximum Gasteiger partial charge on any atom is 0.119 e. The number of rotatable bonds is 6. The van der Waals surface area contributed by atoms with Gasteiger partial charge in [-0.2, -0.15) is 0 Å². The summed E-state index contributed by atoms with van der Waals surface area (Å²) >= 11 is 0. The third-order valence-corrected chi connectivity index (χ3v) is 2.80. The summed E-state index contributed by atoms with van der Waals surface area (Å²) in [6.07, 6.45) is 0. The summed E-state index contributed by atoms with van der Waals surface area (Å²) in [6.45, 7) is 3.45. The third kappa shape index (κ3) is 3.91. The van der Waals surface area contributed by atoms with E-state index in [2.05, 4.69) is 17.4 Å². The molecule has 3 nitrogen and oxygen atoms in total. The highest BCUT2D eigenvalue weighted by Gasteiger charge is 1.98. The second kappa shape index (κ2) is 6.69. The van der Waals surface area contributed by atoms with Gasteiger partial charge in [-0.05, 0) is 48.9 Å². The maximum absolute atomic E-state index is 5.48. The van der Waals surface area contributed by atoms with Gasteiger partial charge in [-0.15, -0.1) is 0 Å². The molecule has 0 saturated heterocycles. The lowest BCUT2D eigenvalue weighted by atomic mass is 10.2. The summed E-state index contributed by atoms with van der Waals surface area (Å²) in [7, 11) is 1.67. The lowest BCUT2D eigenvalue weighted by molar-refractivity contribution is 0.340. The van der Waals surface area contributed by atoms with Gasteiger partial charge in [-0.25, -0.2) is 0 Å². The summed E-state index contributed by atoms with van der Waals surface area (Å²) in [6, 6.07) is 16.0. The molecule has 0 spiro atoms. The van der Waals surface area contributed by atoms with Crippen molar-refractivity contribution in [3.05, 3.63) is 54.1 Å². The number of anilines is 1. The van der Waals surface area contributed by atoms with Crippen LogP contribution in [0.2, 0.25) is 0 Å². The Bertz CT molecular complexity index is 508. The van der Waals surface area contributed by atoms with Crippen molar-refractivity contribution in [1.29, 1.82) is 0 Å². The first-order chi connectivity index (χ1) is 9.31. The predicted octanol–water partition coefficient (Wildman–Crippen LogP) is 3.71. The molecule has 0 atom stereocenters. The first-order valence-electron chi connectivity index (χ1n) is 6.41. The van der Waals surface area contributed by atoms with Crippen LogP contribution in [-0.2, 0) is 6.54 Å². The monoisotopic (exact) mass is 257 g/mol. The predicted molar refractivity (Wildman–Crippen MR) is 77.9 cm³/mol. The van der Waals surface area contributed by atoms with Gasteiger partial charge in [0.05, 0.1) is 13.7 Å². The average molecular weight is 257 g/mol. The molecule has 0 heterocycles. The van der Waals surface area contributed by atoms with Crippen LogP contribution in [0, 0.1) is 0 Å². The van der Waals surface area contributed by atoms with Crippen molar-refractivity contribution in [3.8, 4) is 11.5 Å². The molecule has 19 heavy (non-hydrogen) atoms. The number of hydrogen-bond acceptors (Lipinski definition) is 3. The van der Waals surface area contributed by atoms with E-state index in [1.165, 1.54) is 5.56 Å². The summed E-state index contributed by atoms with van der Waals surface area (Å²) in [4.78, 5) is 0. The van der Waals surface area contributed by atoms with Crippen molar-refractivity contribution < 1.29 is 9.47 Å². The average Bonchev–Trinajstić information content (AvgIpc) is 2.46.